The van der Waals surface area contributed by atoms with Gasteiger partial charge in [0.15, 0.2) is 0 Å². The number of nitrogens with zero attached hydrogens (tertiary/aromatic N) is 1. The van der Waals surface area contributed by atoms with Crippen LogP contribution in [-0.4, -0.2) is 46.7 Å². The van der Waals surface area contributed by atoms with Gasteiger partial charge in [0.25, 0.3) is 0 Å². The fourth-order valence-corrected chi connectivity index (χ4v) is 0.919. The first kappa shape index (κ1) is 11.9. The lowest BCUT2D eigenvalue weighted by Gasteiger charge is -2.19. The molecule has 5 heteroatoms. The summed E-state index contributed by atoms with van der Waals surface area (Å²) in [6.07, 6.45) is 0.435. The summed E-state index contributed by atoms with van der Waals surface area (Å²) in [5.41, 5.74) is 0. The Morgan fingerprint density at radius 3 is 2.31 bits per heavy atom. The number of amides is 1. The van der Waals surface area contributed by atoms with Crippen molar-refractivity contribution < 1.29 is 19.8 Å². The quantitative estimate of drug-likeness (QED) is 0.601. The maximum Gasteiger partial charge on any atom is 0.305 e. The van der Waals surface area contributed by atoms with Gasteiger partial charge in [-0.2, -0.15) is 0 Å². The van der Waals surface area contributed by atoms with Crippen LogP contribution in [0, 0.1) is 0 Å². The van der Waals surface area contributed by atoms with Crippen LogP contribution in [0.2, 0.25) is 0 Å². The molecule has 0 rings (SSSR count). The average Bonchev–Trinajstić information content (AvgIpc) is 2.03. The first-order valence-corrected chi connectivity index (χ1v) is 4.16. The molecule has 0 aliphatic rings. The number of aliphatic carboxylic acids is 1. The fraction of sp³-hybridized carbons (Fsp3) is 0.750. The monoisotopic (exact) mass is 189 g/mol. The van der Waals surface area contributed by atoms with Crippen molar-refractivity contribution in [2.75, 3.05) is 19.7 Å². The highest BCUT2D eigenvalue weighted by atomic mass is 16.4. The van der Waals surface area contributed by atoms with Crippen molar-refractivity contribution in [3.05, 3.63) is 0 Å². The summed E-state index contributed by atoms with van der Waals surface area (Å²) in [5, 5.41) is 16.9. The lowest BCUT2D eigenvalue weighted by Crippen LogP contribution is -2.32. The van der Waals surface area contributed by atoms with E-state index < -0.39 is 5.97 Å². The predicted octanol–water partition coefficient (Wildman–Crippen LogP) is -0.308. The van der Waals surface area contributed by atoms with Crippen LogP contribution in [0.25, 0.3) is 0 Å². The molecular weight excluding hydrogens is 174 g/mol. The highest BCUT2D eigenvalue weighted by Crippen LogP contribution is 1.95. The molecule has 0 radical (unpaired) electrons. The number of carboxylic acid groups (broad SMARTS) is 1. The van der Waals surface area contributed by atoms with E-state index in [1.165, 1.54) is 11.8 Å². The molecular formula is C8H15NO4. The Morgan fingerprint density at radius 2 is 1.92 bits per heavy atom. The highest BCUT2D eigenvalue weighted by Gasteiger charge is 2.09. The molecule has 0 aliphatic carbocycles. The maximum absolute atomic E-state index is 10.9. The minimum atomic E-state index is -0.921. The number of aliphatic hydroxyl groups is 1. The zero-order chi connectivity index (χ0) is 10.3. The Labute approximate surface area is 77.0 Å². The molecule has 1 amide bonds. The molecule has 76 valence electrons. The smallest absolute Gasteiger partial charge is 0.305 e. The topological polar surface area (TPSA) is 77.8 Å². The van der Waals surface area contributed by atoms with E-state index in [-0.39, 0.29) is 25.5 Å². The van der Waals surface area contributed by atoms with Crippen molar-refractivity contribution in [2.45, 2.75) is 19.8 Å². The highest BCUT2D eigenvalue weighted by molar-refractivity contribution is 5.74. The van der Waals surface area contributed by atoms with Crippen LogP contribution in [0.15, 0.2) is 0 Å². The van der Waals surface area contributed by atoms with Gasteiger partial charge < -0.3 is 15.1 Å². The van der Waals surface area contributed by atoms with Crippen LogP contribution in [-0.2, 0) is 9.59 Å². The lowest BCUT2D eigenvalue weighted by molar-refractivity contribution is -0.138. The summed E-state index contributed by atoms with van der Waals surface area (Å²) in [6.45, 7) is 2.03. The van der Waals surface area contributed by atoms with Crippen molar-refractivity contribution in [2.24, 2.45) is 0 Å². The average molecular weight is 189 g/mol. The predicted molar refractivity (Wildman–Crippen MR) is 46.2 cm³/mol. The Morgan fingerprint density at radius 1 is 1.31 bits per heavy atom. The third kappa shape index (κ3) is 6.10. The van der Waals surface area contributed by atoms with Gasteiger partial charge in [-0.3, -0.25) is 9.59 Å². The molecule has 0 fully saturated rings. The molecule has 5 nitrogen and oxygen atoms in total. The molecule has 0 bridgehead atoms. The van der Waals surface area contributed by atoms with E-state index >= 15 is 0 Å². The van der Waals surface area contributed by atoms with E-state index in [1.807, 2.05) is 0 Å². The SMILES string of the molecule is CC(=O)N(CCCO)CCC(=O)O. The molecule has 0 spiro atoms. The molecule has 0 heterocycles. The summed E-state index contributed by atoms with van der Waals surface area (Å²) in [7, 11) is 0. The minimum Gasteiger partial charge on any atom is -0.481 e. The number of aliphatic hydroxyl groups excluding tert-OH is 1. The number of carbonyl (C=O) groups excluding carboxylic acids is 1. The second-order valence-electron chi connectivity index (χ2n) is 2.73. The van der Waals surface area contributed by atoms with E-state index in [0.29, 0.717) is 13.0 Å². The number of carboxylic acids is 1. The lowest BCUT2D eigenvalue weighted by atomic mass is 10.3. The van der Waals surface area contributed by atoms with Gasteiger partial charge in [0.1, 0.15) is 0 Å². The fourth-order valence-electron chi connectivity index (χ4n) is 0.919. The van der Waals surface area contributed by atoms with Gasteiger partial charge >= 0.3 is 5.97 Å². The molecule has 13 heavy (non-hydrogen) atoms. The molecule has 0 saturated heterocycles. The summed E-state index contributed by atoms with van der Waals surface area (Å²) < 4.78 is 0. The van der Waals surface area contributed by atoms with Crippen molar-refractivity contribution in [3.8, 4) is 0 Å². The standard InChI is InChI=1S/C8H15NO4/c1-7(11)9(4-2-6-10)5-3-8(12)13/h10H,2-6H2,1H3,(H,12,13). The number of hydrogen-bond donors (Lipinski definition) is 2. The van der Waals surface area contributed by atoms with Gasteiger partial charge in [-0.25, -0.2) is 0 Å². The number of carbonyl (C=O) groups is 2. The van der Waals surface area contributed by atoms with Crippen molar-refractivity contribution in [1.82, 2.24) is 4.90 Å². The molecule has 0 aromatic rings. The first-order valence-electron chi connectivity index (χ1n) is 4.16. The molecule has 0 saturated carbocycles. The first-order chi connectivity index (χ1) is 6.07. The van der Waals surface area contributed by atoms with E-state index in [9.17, 15) is 9.59 Å². The second kappa shape index (κ2) is 6.42. The molecule has 0 aliphatic heterocycles. The van der Waals surface area contributed by atoms with Gasteiger partial charge in [-0.15, -0.1) is 0 Å². The Bertz CT molecular complexity index is 181. The van der Waals surface area contributed by atoms with Crippen molar-refractivity contribution >= 4 is 11.9 Å². The van der Waals surface area contributed by atoms with Gasteiger partial charge in [0.05, 0.1) is 6.42 Å². The largest absolute Gasteiger partial charge is 0.481 e. The molecule has 2 N–H and O–H groups in total. The third-order valence-electron chi connectivity index (χ3n) is 1.63. The van der Waals surface area contributed by atoms with E-state index in [4.69, 9.17) is 10.2 Å². The van der Waals surface area contributed by atoms with Crippen molar-refractivity contribution in [1.29, 1.82) is 0 Å². The summed E-state index contributed by atoms with van der Waals surface area (Å²) >= 11 is 0. The number of rotatable bonds is 6. The van der Waals surface area contributed by atoms with Gasteiger partial charge in [-0.1, -0.05) is 0 Å². The molecule has 0 aromatic heterocycles. The summed E-state index contributed by atoms with van der Waals surface area (Å²) in [5.74, 6) is -1.08. The normalized spacial score (nSPS) is 9.69. The number of hydrogen-bond acceptors (Lipinski definition) is 3. The molecule has 0 aromatic carbocycles. The van der Waals surface area contributed by atoms with Crippen LogP contribution < -0.4 is 0 Å². The minimum absolute atomic E-state index is 0.0108. The summed E-state index contributed by atoms with van der Waals surface area (Å²) in [4.78, 5) is 22.5. The Hall–Kier alpha value is -1.10. The van der Waals surface area contributed by atoms with Crippen molar-refractivity contribution in [3.63, 3.8) is 0 Å². The third-order valence-corrected chi connectivity index (χ3v) is 1.63. The molecule has 0 unspecified atom stereocenters. The van der Waals surface area contributed by atoms with E-state index in [1.54, 1.807) is 0 Å². The zero-order valence-electron chi connectivity index (χ0n) is 7.69. The van der Waals surface area contributed by atoms with Crippen LogP contribution in [0.5, 0.6) is 0 Å². The van der Waals surface area contributed by atoms with Crippen LogP contribution in [0.4, 0.5) is 0 Å². The van der Waals surface area contributed by atoms with E-state index in [0.717, 1.165) is 0 Å². The van der Waals surface area contributed by atoms with Gasteiger partial charge in [0.2, 0.25) is 5.91 Å². The van der Waals surface area contributed by atoms with Gasteiger partial charge in [0, 0.05) is 26.6 Å². The Kier molecular flexibility index (Phi) is 5.88. The maximum atomic E-state index is 10.9. The Balaban J connectivity index is 3.80. The second-order valence-corrected chi connectivity index (χ2v) is 2.73. The van der Waals surface area contributed by atoms with E-state index in [2.05, 4.69) is 0 Å². The summed E-state index contributed by atoms with van der Waals surface area (Å²) in [6, 6.07) is 0. The van der Waals surface area contributed by atoms with Crippen LogP contribution in [0.3, 0.4) is 0 Å². The van der Waals surface area contributed by atoms with Crippen LogP contribution >= 0.6 is 0 Å². The zero-order valence-corrected chi connectivity index (χ0v) is 7.69. The molecule has 0 atom stereocenters. The van der Waals surface area contributed by atoms with Gasteiger partial charge in [-0.05, 0) is 6.42 Å². The van der Waals surface area contributed by atoms with Crippen LogP contribution in [0.1, 0.15) is 19.8 Å².